The number of aromatic nitrogens is 2. The van der Waals surface area contributed by atoms with Gasteiger partial charge in [-0.25, -0.2) is 13.2 Å². The van der Waals surface area contributed by atoms with E-state index < -0.39 is 16.0 Å². The lowest BCUT2D eigenvalue weighted by molar-refractivity contribution is 0.0697. The number of nitrogens with zero attached hydrogens (tertiary/aromatic N) is 3. The Morgan fingerprint density at radius 1 is 1.35 bits per heavy atom. The zero-order chi connectivity index (χ0) is 17.0. The van der Waals surface area contributed by atoms with E-state index in [-0.39, 0.29) is 10.5 Å². The van der Waals surface area contributed by atoms with Crippen LogP contribution in [0.2, 0.25) is 0 Å². The van der Waals surface area contributed by atoms with E-state index in [1.54, 1.807) is 7.11 Å². The molecule has 0 spiro atoms. The predicted molar refractivity (Wildman–Crippen MR) is 83.1 cm³/mol. The molecule has 0 aliphatic rings. The predicted octanol–water partition coefficient (Wildman–Crippen LogP) is 1.05. The molecule has 0 unspecified atom stereocenters. The largest absolute Gasteiger partial charge is 0.478 e. The molecule has 0 saturated carbocycles. The van der Waals surface area contributed by atoms with Crippen LogP contribution in [0.25, 0.3) is 0 Å². The van der Waals surface area contributed by atoms with E-state index in [0.29, 0.717) is 18.8 Å². The molecular formula is C14H17N3O5S. The van der Waals surface area contributed by atoms with Crippen molar-refractivity contribution in [1.29, 1.82) is 0 Å². The summed E-state index contributed by atoms with van der Waals surface area (Å²) in [6.45, 7) is 0.872. The molecule has 124 valence electrons. The summed E-state index contributed by atoms with van der Waals surface area (Å²) >= 11 is 0. The highest BCUT2D eigenvalue weighted by Gasteiger charge is 2.23. The van der Waals surface area contributed by atoms with Crippen LogP contribution in [0.3, 0.4) is 0 Å². The summed E-state index contributed by atoms with van der Waals surface area (Å²) in [6, 6.07) is 5.59. The molecule has 0 atom stereocenters. The Balaban J connectivity index is 2.24. The van der Waals surface area contributed by atoms with Crippen LogP contribution in [0.1, 0.15) is 10.4 Å². The van der Waals surface area contributed by atoms with Crippen molar-refractivity contribution in [1.82, 2.24) is 9.78 Å². The van der Waals surface area contributed by atoms with Crippen LogP contribution >= 0.6 is 0 Å². The molecule has 0 aliphatic heterocycles. The highest BCUT2D eigenvalue weighted by Crippen LogP contribution is 2.22. The number of hydrogen-bond acceptors (Lipinski definition) is 5. The molecule has 0 fully saturated rings. The lowest BCUT2D eigenvalue weighted by Gasteiger charge is -2.18. The fourth-order valence-corrected chi connectivity index (χ4v) is 3.05. The van der Waals surface area contributed by atoms with Gasteiger partial charge in [-0.3, -0.25) is 8.99 Å². The van der Waals surface area contributed by atoms with Gasteiger partial charge in [0.25, 0.3) is 10.0 Å². The minimum Gasteiger partial charge on any atom is -0.478 e. The molecule has 1 heterocycles. The van der Waals surface area contributed by atoms with Crippen LogP contribution in [0.15, 0.2) is 41.6 Å². The molecule has 1 aromatic carbocycles. The number of anilines is 1. The molecule has 23 heavy (non-hydrogen) atoms. The molecule has 0 bridgehead atoms. The first-order valence-electron chi connectivity index (χ1n) is 6.70. The molecule has 0 radical (unpaired) electrons. The third kappa shape index (κ3) is 3.69. The van der Waals surface area contributed by atoms with Gasteiger partial charge >= 0.3 is 5.97 Å². The van der Waals surface area contributed by atoms with Crippen molar-refractivity contribution in [3.63, 3.8) is 0 Å². The number of carbonyl (C=O) groups is 1. The second-order valence-electron chi connectivity index (χ2n) is 4.76. The van der Waals surface area contributed by atoms with Gasteiger partial charge < -0.3 is 9.84 Å². The number of hydrogen-bond donors (Lipinski definition) is 1. The van der Waals surface area contributed by atoms with Crippen molar-refractivity contribution in [2.45, 2.75) is 11.4 Å². The summed E-state index contributed by atoms with van der Waals surface area (Å²) in [7, 11) is -0.816. The van der Waals surface area contributed by atoms with Crippen LogP contribution in [0, 0.1) is 0 Å². The molecule has 0 saturated heterocycles. The van der Waals surface area contributed by atoms with Crippen molar-refractivity contribution >= 4 is 21.7 Å². The van der Waals surface area contributed by atoms with E-state index in [1.165, 1.54) is 48.4 Å². The fourth-order valence-electron chi connectivity index (χ4n) is 1.90. The lowest BCUT2D eigenvalue weighted by atomic mass is 10.2. The maximum atomic E-state index is 12.6. The number of sulfonamides is 1. The summed E-state index contributed by atoms with van der Waals surface area (Å²) < 4.78 is 32.6. The van der Waals surface area contributed by atoms with Crippen LogP contribution < -0.4 is 4.31 Å². The topological polar surface area (TPSA) is 102 Å². The fraction of sp³-hybridized carbons (Fsp3) is 0.286. The number of ether oxygens (including phenoxy) is 1. The maximum absolute atomic E-state index is 12.6. The van der Waals surface area contributed by atoms with Gasteiger partial charge in [0, 0.05) is 20.4 Å². The Morgan fingerprint density at radius 3 is 2.57 bits per heavy atom. The number of benzene rings is 1. The first-order valence-corrected chi connectivity index (χ1v) is 8.14. The number of rotatable bonds is 7. The van der Waals surface area contributed by atoms with Crippen LogP contribution in [0.4, 0.5) is 5.69 Å². The molecular weight excluding hydrogens is 322 g/mol. The molecule has 2 rings (SSSR count). The zero-order valence-electron chi connectivity index (χ0n) is 12.7. The molecule has 9 heteroatoms. The van der Waals surface area contributed by atoms with E-state index in [1.807, 2.05) is 0 Å². The van der Waals surface area contributed by atoms with Gasteiger partial charge in [-0.05, 0) is 24.3 Å². The van der Waals surface area contributed by atoms with E-state index in [4.69, 9.17) is 9.84 Å². The normalized spacial score (nSPS) is 11.4. The van der Waals surface area contributed by atoms with Crippen molar-refractivity contribution < 1.29 is 23.1 Å². The monoisotopic (exact) mass is 339 g/mol. The van der Waals surface area contributed by atoms with Gasteiger partial charge in [0.1, 0.15) is 4.90 Å². The van der Waals surface area contributed by atoms with E-state index in [2.05, 4.69) is 5.10 Å². The number of aromatic carboxylic acids is 1. The summed E-state index contributed by atoms with van der Waals surface area (Å²) in [5.41, 5.74) is 0.451. The Labute approximate surface area is 134 Å². The van der Waals surface area contributed by atoms with Gasteiger partial charge in [-0.1, -0.05) is 0 Å². The third-order valence-corrected chi connectivity index (χ3v) is 5.01. The van der Waals surface area contributed by atoms with Gasteiger partial charge in [0.05, 0.1) is 30.6 Å². The maximum Gasteiger partial charge on any atom is 0.335 e. The Bertz CT molecular complexity index is 783. The van der Waals surface area contributed by atoms with Gasteiger partial charge in [-0.15, -0.1) is 0 Å². The lowest BCUT2D eigenvalue weighted by Crippen LogP contribution is -2.26. The number of carboxylic acid groups (broad SMARTS) is 1. The van der Waals surface area contributed by atoms with E-state index in [0.717, 1.165) is 4.31 Å². The number of carboxylic acids is 1. The second-order valence-corrected chi connectivity index (χ2v) is 6.73. The molecule has 1 aromatic heterocycles. The van der Waals surface area contributed by atoms with Crippen molar-refractivity contribution in [2.75, 3.05) is 25.1 Å². The van der Waals surface area contributed by atoms with Crippen LogP contribution in [-0.4, -0.2) is 50.0 Å². The molecule has 8 nitrogen and oxygen atoms in total. The summed E-state index contributed by atoms with van der Waals surface area (Å²) in [5.74, 6) is -1.07. The van der Waals surface area contributed by atoms with Gasteiger partial charge in [0.15, 0.2) is 0 Å². The summed E-state index contributed by atoms with van der Waals surface area (Å²) in [4.78, 5) is 10.9. The minimum atomic E-state index is -3.77. The zero-order valence-corrected chi connectivity index (χ0v) is 13.5. The average Bonchev–Trinajstić information content (AvgIpc) is 3.02. The molecule has 0 aliphatic carbocycles. The molecule has 1 N–H and O–H groups in total. The highest BCUT2D eigenvalue weighted by molar-refractivity contribution is 7.92. The summed E-state index contributed by atoms with van der Waals surface area (Å²) in [6.07, 6.45) is 2.70. The Hall–Kier alpha value is -2.39. The second kappa shape index (κ2) is 6.80. The highest BCUT2D eigenvalue weighted by atomic mass is 32.2. The van der Waals surface area contributed by atoms with Crippen molar-refractivity contribution in [3.05, 3.63) is 42.2 Å². The van der Waals surface area contributed by atoms with Gasteiger partial charge in [0.2, 0.25) is 0 Å². The quantitative estimate of drug-likeness (QED) is 0.809. The Morgan fingerprint density at radius 2 is 2.00 bits per heavy atom. The minimum absolute atomic E-state index is 0.0541. The van der Waals surface area contributed by atoms with Crippen molar-refractivity contribution in [2.24, 2.45) is 0 Å². The van der Waals surface area contributed by atoms with Crippen LogP contribution in [-0.2, 0) is 21.3 Å². The Kier molecular flexibility index (Phi) is 5.02. The van der Waals surface area contributed by atoms with Crippen LogP contribution in [0.5, 0.6) is 0 Å². The smallest absolute Gasteiger partial charge is 0.335 e. The van der Waals surface area contributed by atoms with Crippen molar-refractivity contribution in [3.8, 4) is 0 Å². The number of methoxy groups -OCH3 is 1. The average molecular weight is 339 g/mol. The molecule has 2 aromatic rings. The van der Waals surface area contributed by atoms with E-state index >= 15 is 0 Å². The standard InChI is InChI=1S/C14H17N3O5S/c1-16(12-5-3-11(4-6-12)14(18)19)23(20,21)13-9-15-17(10-13)7-8-22-2/h3-6,9-10H,7-8H2,1-2H3,(H,18,19). The summed E-state index contributed by atoms with van der Waals surface area (Å²) in [5, 5.41) is 12.9. The third-order valence-electron chi connectivity index (χ3n) is 3.27. The van der Waals surface area contributed by atoms with E-state index in [9.17, 15) is 13.2 Å². The van der Waals surface area contributed by atoms with Gasteiger partial charge in [-0.2, -0.15) is 5.10 Å². The SMILES string of the molecule is COCCn1cc(S(=O)(=O)N(C)c2ccc(C(=O)O)cc2)cn1. The first-order chi connectivity index (χ1) is 10.9. The first kappa shape index (κ1) is 17.0. The molecule has 0 amide bonds.